The average molecular weight is 387 g/mol. The lowest BCUT2D eigenvalue weighted by atomic mass is 9.80. The molecular weight excluding hydrogens is 374 g/mol. The van der Waals surface area contributed by atoms with Gasteiger partial charge >= 0.3 is 6.18 Å². The van der Waals surface area contributed by atoms with E-state index in [1.54, 1.807) is 18.2 Å². The van der Waals surface area contributed by atoms with E-state index in [9.17, 15) is 17.6 Å². The van der Waals surface area contributed by atoms with E-state index in [1.165, 1.54) is 47.8 Å². The Morgan fingerprint density at radius 3 is 1.93 bits per heavy atom. The summed E-state index contributed by atoms with van der Waals surface area (Å²) in [5.74, 6) is -0.437. The summed E-state index contributed by atoms with van der Waals surface area (Å²) in [5, 5.41) is 11.1. The van der Waals surface area contributed by atoms with Crippen molar-refractivity contribution in [2.45, 2.75) is 11.7 Å². The molecule has 0 aliphatic carbocycles. The molecule has 28 heavy (non-hydrogen) atoms. The van der Waals surface area contributed by atoms with Gasteiger partial charge in [-0.05, 0) is 41.5 Å². The Balaban J connectivity index is 2.02. The molecule has 1 N–H and O–H groups in total. The predicted molar refractivity (Wildman–Crippen MR) is 91.7 cm³/mol. The number of hydrogen-bond acceptors (Lipinski definition) is 3. The van der Waals surface area contributed by atoms with E-state index < -0.39 is 23.1 Å². The van der Waals surface area contributed by atoms with E-state index >= 15 is 0 Å². The molecule has 4 rings (SSSR count). The highest BCUT2D eigenvalue weighted by Gasteiger charge is 2.41. The molecular formula is C19H13F4N5. The summed E-state index contributed by atoms with van der Waals surface area (Å²) in [4.78, 5) is 3.99. The van der Waals surface area contributed by atoms with E-state index in [-0.39, 0.29) is 0 Å². The van der Waals surface area contributed by atoms with Crippen LogP contribution in [0.1, 0.15) is 22.4 Å². The predicted octanol–water partition coefficient (Wildman–Crippen LogP) is 4.00. The number of H-pyrrole nitrogens is 1. The zero-order chi connectivity index (χ0) is 19.8. The number of nitrogens with zero attached hydrogens (tertiary/aromatic N) is 4. The topological polar surface area (TPSA) is 59.4 Å². The third-order valence-corrected chi connectivity index (χ3v) is 4.54. The van der Waals surface area contributed by atoms with Crippen molar-refractivity contribution in [1.82, 2.24) is 25.0 Å². The summed E-state index contributed by atoms with van der Waals surface area (Å²) in [7, 11) is 0. The monoisotopic (exact) mass is 387 g/mol. The van der Waals surface area contributed by atoms with Crippen LogP contribution in [-0.2, 0) is 11.7 Å². The van der Waals surface area contributed by atoms with Gasteiger partial charge in [-0.15, -0.1) is 0 Å². The van der Waals surface area contributed by atoms with Crippen molar-refractivity contribution < 1.29 is 17.6 Å². The number of rotatable bonds is 4. The highest BCUT2D eigenvalue weighted by atomic mass is 19.4. The van der Waals surface area contributed by atoms with Crippen LogP contribution in [0.5, 0.6) is 0 Å². The number of aromatic amines is 1. The maximum atomic E-state index is 13.6. The maximum absolute atomic E-state index is 13.6. The molecule has 0 radical (unpaired) electrons. The first-order valence-corrected chi connectivity index (χ1v) is 8.21. The summed E-state index contributed by atoms with van der Waals surface area (Å²) < 4.78 is 54.2. The third-order valence-electron chi connectivity index (χ3n) is 4.54. The minimum Gasteiger partial charge on any atom is -0.279 e. The third kappa shape index (κ3) is 2.84. The Kier molecular flexibility index (Phi) is 4.21. The van der Waals surface area contributed by atoms with Crippen LogP contribution in [0, 0.1) is 5.82 Å². The van der Waals surface area contributed by atoms with E-state index in [4.69, 9.17) is 0 Å². The number of hydrogen-bond donors (Lipinski definition) is 1. The molecule has 4 aromatic rings. The minimum absolute atomic E-state index is 0.437. The zero-order valence-corrected chi connectivity index (χ0v) is 14.2. The van der Waals surface area contributed by atoms with Crippen molar-refractivity contribution in [2.24, 2.45) is 0 Å². The van der Waals surface area contributed by atoms with E-state index in [0.717, 1.165) is 12.1 Å². The smallest absolute Gasteiger partial charge is 0.279 e. The van der Waals surface area contributed by atoms with Crippen molar-refractivity contribution in [1.29, 1.82) is 0 Å². The fraction of sp³-hybridized carbons (Fsp3) is 0.105. The van der Waals surface area contributed by atoms with Gasteiger partial charge in [0.2, 0.25) is 0 Å². The molecule has 9 heteroatoms. The first-order chi connectivity index (χ1) is 13.4. The maximum Gasteiger partial charge on any atom is 0.416 e. The normalized spacial score (nSPS) is 14.0. The molecule has 0 spiro atoms. The zero-order valence-electron chi connectivity index (χ0n) is 14.2. The molecule has 2 aromatic heterocycles. The van der Waals surface area contributed by atoms with Gasteiger partial charge in [-0.25, -0.2) is 14.1 Å². The van der Waals surface area contributed by atoms with Crippen LogP contribution < -0.4 is 0 Å². The quantitative estimate of drug-likeness (QED) is 0.539. The molecule has 0 aliphatic rings. The van der Waals surface area contributed by atoms with Gasteiger partial charge in [-0.1, -0.05) is 24.3 Å². The lowest BCUT2D eigenvalue weighted by molar-refractivity contribution is -0.137. The Hall–Kier alpha value is -3.49. The molecule has 0 saturated heterocycles. The van der Waals surface area contributed by atoms with Gasteiger partial charge in [0.15, 0.2) is 5.54 Å². The summed E-state index contributed by atoms with van der Waals surface area (Å²) >= 11 is 0. The van der Waals surface area contributed by atoms with Crippen LogP contribution >= 0.6 is 0 Å². The number of nitrogens with one attached hydrogen (secondary N) is 1. The SMILES string of the molecule is Fc1ccc(C(c2ccc(C(F)(F)F)cc2)(c2ccn[nH]2)n2cncn2)cc1. The molecule has 1 unspecified atom stereocenters. The van der Waals surface area contributed by atoms with Crippen molar-refractivity contribution >= 4 is 0 Å². The number of benzene rings is 2. The number of halogens is 4. The molecule has 142 valence electrons. The molecule has 2 heterocycles. The second-order valence-corrected chi connectivity index (χ2v) is 6.10. The van der Waals surface area contributed by atoms with Gasteiger partial charge in [-0.2, -0.15) is 23.4 Å². The van der Waals surface area contributed by atoms with Crippen LogP contribution in [-0.4, -0.2) is 25.0 Å². The number of alkyl halides is 3. The van der Waals surface area contributed by atoms with Crippen LogP contribution in [0.3, 0.4) is 0 Å². The van der Waals surface area contributed by atoms with Crippen LogP contribution in [0.25, 0.3) is 0 Å². The molecule has 5 nitrogen and oxygen atoms in total. The van der Waals surface area contributed by atoms with Crippen molar-refractivity contribution in [3.63, 3.8) is 0 Å². The van der Waals surface area contributed by atoms with Crippen LogP contribution in [0.4, 0.5) is 17.6 Å². The second-order valence-electron chi connectivity index (χ2n) is 6.10. The van der Waals surface area contributed by atoms with Gasteiger partial charge in [0.05, 0.1) is 11.3 Å². The van der Waals surface area contributed by atoms with Crippen LogP contribution in [0.15, 0.2) is 73.4 Å². The fourth-order valence-electron chi connectivity index (χ4n) is 3.30. The Morgan fingerprint density at radius 1 is 0.821 bits per heavy atom. The lowest BCUT2D eigenvalue weighted by Crippen LogP contribution is -2.38. The average Bonchev–Trinajstić information content (AvgIpc) is 3.38. The number of aromatic nitrogens is 5. The minimum atomic E-state index is -4.46. The van der Waals surface area contributed by atoms with Gasteiger partial charge < -0.3 is 0 Å². The molecule has 1 atom stereocenters. The molecule has 0 amide bonds. The summed E-state index contributed by atoms with van der Waals surface area (Å²) in [6.45, 7) is 0. The summed E-state index contributed by atoms with van der Waals surface area (Å²) in [5.41, 5.74) is -0.410. The summed E-state index contributed by atoms with van der Waals surface area (Å²) in [6.07, 6.45) is -0.173. The van der Waals surface area contributed by atoms with Crippen molar-refractivity contribution in [3.05, 3.63) is 102 Å². The van der Waals surface area contributed by atoms with E-state index in [2.05, 4.69) is 20.3 Å². The van der Waals surface area contributed by atoms with E-state index in [0.29, 0.717) is 16.8 Å². The molecule has 0 bridgehead atoms. The van der Waals surface area contributed by atoms with Gasteiger partial charge in [0.1, 0.15) is 18.5 Å². The Morgan fingerprint density at radius 2 is 1.43 bits per heavy atom. The lowest BCUT2D eigenvalue weighted by Gasteiger charge is -2.34. The highest BCUT2D eigenvalue weighted by molar-refractivity contribution is 5.48. The first-order valence-electron chi connectivity index (χ1n) is 8.21. The molecule has 0 fully saturated rings. The molecule has 2 aromatic carbocycles. The fourth-order valence-corrected chi connectivity index (χ4v) is 3.30. The Bertz CT molecular complexity index is 1000. The molecule has 0 aliphatic heterocycles. The van der Waals surface area contributed by atoms with Gasteiger partial charge in [-0.3, -0.25) is 5.10 Å². The van der Waals surface area contributed by atoms with Crippen LogP contribution in [0.2, 0.25) is 0 Å². The molecule has 0 saturated carbocycles. The van der Waals surface area contributed by atoms with Crippen molar-refractivity contribution in [3.8, 4) is 0 Å². The van der Waals surface area contributed by atoms with Gasteiger partial charge in [0.25, 0.3) is 0 Å². The van der Waals surface area contributed by atoms with Gasteiger partial charge in [0, 0.05) is 6.20 Å². The summed E-state index contributed by atoms with van der Waals surface area (Å²) in [6, 6.07) is 12.1. The second kappa shape index (κ2) is 6.59. The van der Waals surface area contributed by atoms with E-state index in [1.807, 2.05) is 0 Å². The first kappa shape index (κ1) is 17.9. The standard InChI is InChI=1S/C19H13F4N5/c20-16-7-5-14(6-8-16)18(17-9-10-25-27-17,28-12-24-11-26-28)13-1-3-15(4-2-13)19(21,22)23/h1-12H,(H,25,27). The Labute approximate surface area is 156 Å². The highest BCUT2D eigenvalue weighted by Crippen LogP contribution is 2.40. The van der Waals surface area contributed by atoms with Crippen molar-refractivity contribution in [2.75, 3.05) is 0 Å². The largest absolute Gasteiger partial charge is 0.416 e.